The van der Waals surface area contributed by atoms with Gasteiger partial charge in [0.25, 0.3) is 0 Å². The minimum absolute atomic E-state index is 0.445. The average Bonchev–Trinajstić information content (AvgIpc) is 2.49. The third-order valence-electron chi connectivity index (χ3n) is 3.02. The van der Waals surface area contributed by atoms with E-state index in [9.17, 15) is 5.11 Å². The van der Waals surface area contributed by atoms with E-state index in [0.717, 1.165) is 11.1 Å². The summed E-state index contributed by atoms with van der Waals surface area (Å²) in [4.78, 5) is 0. The highest BCUT2D eigenvalue weighted by Gasteiger charge is 2.07. The fourth-order valence-electron chi connectivity index (χ4n) is 1.90. The van der Waals surface area contributed by atoms with Crippen molar-refractivity contribution in [2.24, 2.45) is 0 Å². The van der Waals surface area contributed by atoms with Crippen LogP contribution in [0.25, 0.3) is 0 Å². The Labute approximate surface area is 123 Å². The van der Waals surface area contributed by atoms with Crippen molar-refractivity contribution in [3.05, 3.63) is 70.2 Å². The highest BCUT2D eigenvalue weighted by molar-refractivity contribution is 6.31. The molecule has 0 aromatic heterocycles. The van der Waals surface area contributed by atoms with Crippen LogP contribution < -0.4 is 5.32 Å². The Balaban J connectivity index is 1.89. The van der Waals surface area contributed by atoms with Crippen molar-refractivity contribution in [1.82, 2.24) is 5.32 Å². The van der Waals surface area contributed by atoms with Gasteiger partial charge in [-0.25, -0.2) is 0 Å². The third-order valence-corrected chi connectivity index (χ3v) is 3.37. The van der Waals surface area contributed by atoms with Crippen LogP contribution in [0.1, 0.15) is 22.8 Å². The van der Waals surface area contributed by atoms with Crippen molar-refractivity contribution in [3.63, 3.8) is 0 Å². The van der Waals surface area contributed by atoms with E-state index in [4.69, 9.17) is 16.9 Å². The lowest BCUT2D eigenvalue weighted by Crippen LogP contribution is -2.21. The highest BCUT2D eigenvalue weighted by Crippen LogP contribution is 2.18. The first-order valence-corrected chi connectivity index (χ1v) is 6.71. The molecule has 2 N–H and O–H groups in total. The molecule has 3 nitrogen and oxygen atoms in total. The van der Waals surface area contributed by atoms with Crippen molar-refractivity contribution in [1.29, 1.82) is 5.26 Å². The lowest BCUT2D eigenvalue weighted by molar-refractivity contribution is 0.174. The van der Waals surface area contributed by atoms with Gasteiger partial charge in [-0.3, -0.25) is 0 Å². The van der Waals surface area contributed by atoms with Crippen molar-refractivity contribution in [2.75, 3.05) is 6.54 Å². The van der Waals surface area contributed by atoms with Crippen LogP contribution in [0.15, 0.2) is 48.5 Å². The summed E-state index contributed by atoms with van der Waals surface area (Å²) in [7, 11) is 0. The van der Waals surface area contributed by atoms with E-state index in [1.807, 2.05) is 42.5 Å². The molecule has 0 fully saturated rings. The van der Waals surface area contributed by atoms with E-state index in [1.165, 1.54) is 0 Å². The van der Waals surface area contributed by atoms with Crippen molar-refractivity contribution < 1.29 is 5.11 Å². The molecule has 20 heavy (non-hydrogen) atoms. The van der Waals surface area contributed by atoms with Gasteiger partial charge in [-0.15, -0.1) is 0 Å². The van der Waals surface area contributed by atoms with Gasteiger partial charge in [0.1, 0.15) is 0 Å². The summed E-state index contributed by atoms with van der Waals surface area (Å²) in [5.74, 6) is 0. The Kier molecular flexibility index (Phi) is 5.14. The molecule has 0 heterocycles. The molecule has 2 rings (SSSR count). The van der Waals surface area contributed by atoms with Gasteiger partial charge in [-0.05, 0) is 23.3 Å². The van der Waals surface area contributed by atoms with Crippen molar-refractivity contribution in [2.45, 2.75) is 12.6 Å². The number of rotatable bonds is 5. The van der Waals surface area contributed by atoms with Crippen LogP contribution in [-0.4, -0.2) is 11.7 Å². The number of hydrogen-bond donors (Lipinski definition) is 2. The molecule has 0 saturated heterocycles. The predicted molar refractivity (Wildman–Crippen MR) is 79.3 cm³/mol. The zero-order valence-corrected chi connectivity index (χ0v) is 11.6. The van der Waals surface area contributed by atoms with Gasteiger partial charge >= 0.3 is 0 Å². The molecule has 0 aliphatic rings. The van der Waals surface area contributed by atoms with Gasteiger partial charge in [-0.2, -0.15) is 5.26 Å². The summed E-state index contributed by atoms with van der Waals surface area (Å²) in [5.41, 5.74) is 2.33. The molecule has 1 unspecified atom stereocenters. The first kappa shape index (κ1) is 14.5. The van der Waals surface area contributed by atoms with Crippen LogP contribution in [0.5, 0.6) is 0 Å². The first-order valence-electron chi connectivity index (χ1n) is 6.33. The van der Waals surface area contributed by atoms with Crippen LogP contribution in [-0.2, 0) is 6.54 Å². The molecule has 1 atom stereocenters. The molecule has 4 heteroatoms. The number of aliphatic hydroxyl groups excluding tert-OH is 1. The van der Waals surface area contributed by atoms with Crippen LogP contribution >= 0.6 is 11.6 Å². The highest BCUT2D eigenvalue weighted by atomic mass is 35.5. The number of nitrogens with one attached hydrogen (secondary N) is 1. The predicted octanol–water partition coefficient (Wildman–Crippen LogP) is 3.03. The Morgan fingerprint density at radius 3 is 2.60 bits per heavy atom. The van der Waals surface area contributed by atoms with E-state index in [1.54, 1.807) is 12.1 Å². The van der Waals surface area contributed by atoms with Crippen LogP contribution in [0.4, 0.5) is 0 Å². The maximum atomic E-state index is 10.0. The summed E-state index contributed by atoms with van der Waals surface area (Å²) in [6.45, 7) is 0.995. The molecule has 2 aromatic rings. The normalized spacial score (nSPS) is 11.8. The molecular formula is C16H15ClN2O. The smallest absolute Gasteiger partial charge is 0.0992 e. The number of aliphatic hydroxyl groups is 1. The zero-order chi connectivity index (χ0) is 14.4. The summed E-state index contributed by atoms with van der Waals surface area (Å²) in [5, 5.41) is 22.5. The maximum absolute atomic E-state index is 10.0. The fourth-order valence-corrected chi connectivity index (χ4v) is 2.14. The second-order valence-electron chi connectivity index (χ2n) is 4.48. The Morgan fingerprint density at radius 2 is 1.95 bits per heavy atom. The summed E-state index contributed by atoms with van der Waals surface area (Å²) in [6.07, 6.45) is -0.548. The molecular weight excluding hydrogens is 272 g/mol. The minimum Gasteiger partial charge on any atom is -0.387 e. The van der Waals surface area contributed by atoms with E-state index in [2.05, 4.69) is 5.32 Å². The maximum Gasteiger partial charge on any atom is 0.0992 e. The monoisotopic (exact) mass is 286 g/mol. The molecule has 0 bridgehead atoms. The number of hydrogen-bond acceptors (Lipinski definition) is 3. The molecule has 0 spiro atoms. The second kappa shape index (κ2) is 7.06. The van der Waals surface area contributed by atoms with Gasteiger partial charge in [0.15, 0.2) is 0 Å². The van der Waals surface area contributed by atoms with Gasteiger partial charge < -0.3 is 10.4 Å². The topological polar surface area (TPSA) is 56.0 Å². The number of nitriles is 1. The van der Waals surface area contributed by atoms with E-state index in [0.29, 0.717) is 23.7 Å². The van der Waals surface area contributed by atoms with Crippen LogP contribution in [0.3, 0.4) is 0 Å². The van der Waals surface area contributed by atoms with Gasteiger partial charge in [-0.1, -0.05) is 48.0 Å². The molecule has 0 saturated carbocycles. The zero-order valence-electron chi connectivity index (χ0n) is 10.9. The van der Waals surface area contributed by atoms with E-state index >= 15 is 0 Å². The van der Waals surface area contributed by atoms with Crippen LogP contribution in [0.2, 0.25) is 5.02 Å². The Morgan fingerprint density at radius 1 is 1.20 bits per heavy atom. The van der Waals surface area contributed by atoms with Gasteiger partial charge in [0.2, 0.25) is 0 Å². The van der Waals surface area contributed by atoms with E-state index in [-0.39, 0.29) is 0 Å². The lowest BCUT2D eigenvalue weighted by Gasteiger charge is -2.12. The lowest BCUT2D eigenvalue weighted by atomic mass is 10.1. The number of nitrogens with zero attached hydrogens (tertiary/aromatic N) is 1. The summed E-state index contributed by atoms with van der Waals surface area (Å²) < 4.78 is 0. The summed E-state index contributed by atoms with van der Waals surface area (Å²) >= 11 is 6.09. The molecule has 0 aliphatic heterocycles. The first-order chi connectivity index (χ1) is 9.70. The Hall–Kier alpha value is -1.86. The van der Waals surface area contributed by atoms with Gasteiger partial charge in [0.05, 0.1) is 17.7 Å². The third kappa shape index (κ3) is 3.82. The molecule has 0 radical (unpaired) electrons. The van der Waals surface area contributed by atoms with Crippen molar-refractivity contribution >= 4 is 11.6 Å². The molecule has 0 amide bonds. The fraction of sp³-hybridized carbons (Fsp3) is 0.188. The number of benzene rings is 2. The number of halogens is 1. The largest absolute Gasteiger partial charge is 0.387 e. The van der Waals surface area contributed by atoms with Crippen LogP contribution in [0, 0.1) is 11.3 Å². The summed E-state index contributed by atoms with van der Waals surface area (Å²) in [6, 6.07) is 16.7. The van der Waals surface area contributed by atoms with E-state index < -0.39 is 6.10 Å². The SMILES string of the molecule is N#Cc1ccc(CNCC(O)c2ccccc2)c(Cl)c1. The molecule has 0 aliphatic carbocycles. The molecule has 102 valence electrons. The standard InChI is InChI=1S/C16H15ClN2O/c17-15-8-12(9-18)6-7-14(15)10-19-11-16(20)13-4-2-1-3-5-13/h1-8,16,19-20H,10-11H2. The minimum atomic E-state index is -0.548. The van der Waals surface area contributed by atoms with Crippen molar-refractivity contribution in [3.8, 4) is 6.07 Å². The molecule has 2 aromatic carbocycles. The second-order valence-corrected chi connectivity index (χ2v) is 4.88. The van der Waals surface area contributed by atoms with Gasteiger partial charge in [0, 0.05) is 18.1 Å². The quantitative estimate of drug-likeness (QED) is 0.888. The Bertz CT molecular complexity index is 608. The average molecular weight is 287 g/mol.